The zero-order chi connectivity index (χ0) is 44.7. The molecule has 1 atom stereocenters. The number of anilines is 2. The maximum atomic E-state index is 7.77. The van der Waals surface area contributed by atoms with Crippen LogP contribution in [0, 0.1) is 0 Å². The third kappa shape index (κ3) is 8.73. The number of hydrogen-bond donors (Lipinski definition) is 0. The van der Waals surface area contributed by atoms with Crippen LogP contribution in [0.5, 0.6) is 17.2 Å². The normalized spacial score (nSPS) is 19.2. The molecule has 1 aliphatic carbocycles. The molecule has 0 saturated carbocycles. The van der Waals surface area contributed by atoms with Gasteiger partial charge in [-0.3, -0.25) is 0 Å². The molecule has 0 radical (unpaired) electrons. The van der Waals surface area contributed by atoms with E-state index in [2.05, 4.69) is 155 Å². The fraction of sp³-hybridized carbons (Fsp3) is 0.455. The van der Waals surface area contributed by atoms with Crippen molar-refractivity contribution in [2.24, 2.45) is 0 Å². The van der Waals surface area contributed by atoms with Gasteiger partial charge in [0.2, 0.25) is 0 Å². The lowest BCUT2D eigenvalue weighted by molar-refractivity contribution is -0.0312. The van der Waals surface area contributed by atoms with Crippen molar-refractivity contribution in [2.45, 2.75) is 96.4 Å². The molecule has 5 aromatic rings. The highest BCUT2D eigenvalue weighted by atomic mass is 32.2. The predicted octanol–water partition coefficient (Wildman–Crippen LogP) is 12.4. The number of hydrogen-bond acceptors (Lipinski definition) is 9. The van der Waals surface area contributed by atoms with E-state index in [1.165, 1.54) is 64.6 Å². The second-order valence-corrected chi connectivity index (χ2v) is 20.7. The lowest BCUT2D eigenvalue weighted by Crippen LogP contribution is -2.37. The van der Waals surface area contributed by atoms with Gasteiger partial charge in [-0.05, 0) is 142 Å². The zero-order valence-corrected chi connectivity index (χ0v) is 40.0. The fourth-order valence-electron chi connectivity index (χ4n) is 10.1. The monoisotopic (exact) mass is 882 g/mol. The van der Waals surface area contributed by atoms with Crippen molar-refractivity contribution in [3.8, 4) is 28.4 Å². The first kappa shape index (κ1) is 44.5. The molecule has 0 N–H and O–H groups in total. The Morgan fingerprint density at radius 1 is 0.766 bits per heavy atom. The van der Waals surface area contributed by atoms with E-state index in [-0.39, 0.29) is 16.6 Å². The molecule has 4 aliphatic rings. The minimum absolute atomic E-state index is 0.166. The SMILES string of the molecule is COc1cc2c3c(c4c(c2cc1N1CCCCC1)-c1ccccc1C4(C)C)C=CC(c1ccc(OCCOC(C)(C)CCSOC(C)(C)C)cc1)(c1ccc(N2CCOCC2)cc1)O3. The summed E-state index contributed by atoms with van der Waals surface area (Å²) in [6.45, 7) is 21.4. The van der Waals surface area contributed by atoms with Gasteiger partial charge in [0.05, 0.1) is 43.8 Å². The lowest BCUT2D eigenvalue weighted by atomic mass is 9.76. The average Bonchev–Trinajstić information content (AvgIpc) is 3.55. The first-order valence-electron chi connectivity index (χ1n) is 23.3. The standard InChI is InChI=1S/C55H66N2O6S/c1-52(2,3)63-64-35-26-53(4,5)61-34-33-60-41-22-18-39(19-23-41)55(38-16-20-40(21-17-38)56-29-31-59-32-30-56)25-24-43-50-49(42-14-10-11-15-46(42)54(50,6)7)44-36-47(57-27-12-9-13-28-57)48(58-8)37-45(44)51(43)62-55/h10-11,14-25,36-37H,9,12-13,26-35H2,1-8H3. The maximum Gasteiger partial charge on any atom is 0.178 e. The topological polar surface area (TPSA) is 61.9 Å². The van der Waals surface area contributed by atoms with E-state index in [0.717, 1.165) is 96.6 Å². The van der Waals surface area contributed by atoms with Gasteiger partial charge >= 0.3 is 0 Å². The van der Waals surface area contributed by atoms with Crippen molar-refractivity contribution in [3.63, 3.8) is 0 Å². The highest BCUT2D eigenvalue weighted by molar-refractivity contribution is 7.94. The lowest BCUT2D eigenvalue weighted by Gasteiger charge is -2.39. The summed E-state index contributed by atoms with van der Waals surface area (Å²) in [6.07, 6.45) is 9.12. The molecule has 1 unspecified atom stereocenters. The van der Waals surface area contributed by atoms with Gasteiger partial charge in [-0.2, -0.15) is 0 Å². The molecule has 3 aliphatic heterocycles. The quantitative estimate of drug-likeness (QED) is 0.0801. The van der Waals surface area contributed by atoms with Crippen LogP contribution in [-0.4, -0.2) is 76.7 Å². The van der Waals surface area contributed by atoms with Crippen LogP contribution in [0.2, 0.25) is 0 Å². The Kier molecular flexibility index (Phi) is 12.5. The second kappa shape index (κ2) is 18.0. The molecule has 338 valence electrons. The maximum absolute atomic E-state index is 7.77. The van der Waals surface area contributed by atoms with Crippen molar-refractivity contribution in [3.05, 3.63) is 119 Å². The van der Waals surface area contributed by atoms with Crippen LogP contribution in [0.15, 0.2) is 91.0 Å². The average molecular weight is 883 g/mol. The van der Waals surface area contributed by atoms with Crippen molar-refractivity contribution < 1.29 is 27.9 Å². The molecule has 5 aromatic carbocycles. The highest BCUT2D eigenvalue weighted by Gasteiger charge is 2.44. The summed E-state index contributed by atoms with van der Waals surface area (Å²) in [6, 6.07) is 31.0. The molecule has 2 saturated heterocycles. The number of benzene rings is 5. The second-order valence-electron chi connectivity index (χ2n) is 19.8. The molecule has 9 heteroatoms. The van der Waals surface area contributed by atoms with E-state index < -0.39 is 5.60 Å². The largest absolute Gasteiger partial charge is 0.495 e. The van der Waals surface area contributed by atoms with Crippen LogP contribution >= 0.6 is 12.0 Å². The summed E-state index contributed by atoms with van der Waals surface area (Å²) in [5, 5.41) is 2.26. The van der Waals surface area contributed by atoms with Crippen molar-refractivity contribution in [1.82, 2.24) is 0 Å². The van der Waals surface area contributed by atoms with Gasteiger partial charge in [0.15, 0.2) is 5.60 Å². The van der Waals surface area contributed by atoms with E-state index in [9.17, 15) is 0 Å². The first-order chi connectivity index (χ1) is 30.8. The Balaban J connectivity index is 1.09. The molecule has 0 bridgehead atoms. The summed E-state index contributed by atoms with van der Waals surface area (Å²) in [5.74, 6) is 3.40. The van der Waals surface area contributed by atoms with Gasteiger partial charge in [-0.1, -0.05) is 68.5 Å². The molecular weight excluding hydrogens is 817 g/mol. The summed E-state index contributed by atoms with van der Waals surface area (Å²) < 4.78 is 38.1. The number of ether oxygens (including phenoxy) is 5. The van der Waals surface area contributed by atoms with Crippen LogP contribution in [0.1, 0.15) is 102 Å². The number of nitrogens with zero attached hydrogens (tertiary/aromatic N) is 2. The van der Waals surface area contributed by atoms with Gasteiger partial charge in [0.1, 0.15) is 23.9 Å². The van der Waals surface area contributed by atoms with Crippen LogP contribution in [0.3, 0.4) is 0 Å². The Morgan fingerprint density at radius 3 is 2.17 bits per heavy atom. The van der Waals surface area contributed by atoms with Gasteiger partial charge in [-0.15, -0.1) is 0 Å². The molecule has 8 nitrogen and oxygen atoms in total. The van der Waals surface area contributed by atoms with E-state index >= 15 is 0 Å². The Hall–Kier alpha value is -4.67. The van der Waals surface area contributed by atoms with Crippen LogP contribution in [0.25, 0.3) is 28.0 Å². The molecule has 0 aromatic heterocycles. The van der Waals surface area contributed by atoms with Crippen LogP contribution in [-0.2, 0) is 24.7 Å². The minimum Gasteiger partial charge on any atom is -0.495 e. The number of rotatable bonds is 14. The van der Waals surface area contributed by atoms with Gasteiger partial charge in [0.25, 0.3) is 0 Å². The Morgan fingerprint density at radius 2 is 1.47 bits per heavy atom. The van der Waals surface area contributed by atoms with Crippen molar-refractivity contribution in [2.75, 3.05) is 75.3 Å². The van der Waals surface area contributed by atoms with Gasteiger partial charge < -0.3 is 37.7 Å². The molecule has 64 heavy (non-hydrogen) atoms. The fourth-order valence-corrected chi connectivity index (χ4v) is 11.1. The number of morpholine rings is 1. The van der Waals surface area contributed by atoms with E-state index in [1.807, 2.05) is 0 Å². The van der Waals surface area contributed by atoms with Crippen molar-refractivity contribution in [1.29, 1.82) is 0 Å². The molecule has 0 amide bonds. The molecular formula is C55H66N2O6S. The summed E-state index contributed by atoms with van der Waals surface area (Å²) in [4.78, 5) is 4.91. The summed E-state index contributed by atoms with van der Waals surface area (Å²) in [5.41, 5.74) is 9.14. The molecule has 3 heterocycles. The molecule has 2 fully saturated rings. The molecule has 0 spiro atoms. The van der Waals surface area contributed by atoms with Gasteiger partial charge in [0, 0.05) is 65.1 Å². The Labute approximate surface area is 385 Å². The van der Waals surface area contributed by atoms with E-state index in [4.69, 9.17) is 27.9 Å². The molecule has 9 rings (SSSR count). The van der Waals surface area contributed by atoms with Crippen molar-refractivity contribution >= 4 is 40.3 Å². The number of fused-ring (bicyclic) bond motifs is 8. The Bertz CT molecular complexity index is 2480. The minimum atomic E-state index is -0.938. The van der Waals surface area contributed by atoms with Crippen LogP contribution in [0.4, 0.5) is 11.4 Å². The highest BCUT2D eigenvalue weighted by Crippen LogP contribution is 2.59. The summed E-state index contributed by atoms with van der Waals surface area (Å²) in [7, 11) is 1.80. The first-order valence-corrected chi connectivity index (χ1v) is 24.3. The summed E-state index contributed by atoms with van der Waals surface area (Å²) >= 11 is 1.51. The third-order valence-corrected chi connectivity index (χ3v) is 14.4. The van der Waals surface area contributed by atoms with Crippen LogP contribution < -0.4 is 24.0 Å². The smallest absolute Gasteiger partial charge is 0.178 e. The number of methoxy groups -OCH3 is 1. The third-order valence-electron chi connectivity index (χ3n) is 13.4. The zero-order valence-electron chi connectivity index (χ0n) is 39.2. The predicted molar refractivity (Wildman–Crippen MR) is 264 cm³/mol. The van der Waals surface area contributed by atoms with E-state index in [1.54, 1.807) is 7.11 Å². The van der Waals surface area contributed by atoms with E-state index in [0.29, 0.717) is 13.2 Å². The van der Waals surface area contributed by atoms with Gasteiger partial charge in [-0.25, -0.2) is 0 Å². The number of piperidine rings is 1.